The topological polar surface area (TPSA) is 49.4 Å². The van der Waals surface area contributed by atoms with Gasteiger partial charge in [0.15, 0.2) is 5.91 Å². The van der Waals surface area contributed by atoms with Crippen LogP contribution in [0, 0.1) is 12.5 Å². The predicted octanol–water partition coefficient (Wildman–Crippen LogP) is 5.54. The molecule has 1 rings (SSSR count). The van der Waals surface area contributed by atoms with E-state index in [9.17, 15) is 9.59 Å². The number of hydrogen-bond acceptors (Lipinski definition) is 2. The molecule has 0 heterocycles. The summed E-state index contributed by atoms with van der Waals surface area (Å²) in [6.45, 7) is 19.3. The van der Waals surface area contributed by atoms with Crippen LogP contribution in [0.1, 0.15) is 75.7 Å². The fraction of sp³-hybridized carbons (Fsp3) is 0.609. The molecule has 0 fully saturated rings. The molecule has 0 aliphatic carbocycles. The van der Waals surface area contributed by atoms with Gasteiger partial charge in [0, 0.05) is 45.8 Å². The first kappa shape index (κ1) is 37.9. The van der Waals surface area contributed by atoms with E-state index in [2.05, 4.69) is 11.4 Å². The zero-order chi connectivity index (χ0) is 22.3. The summed E-state index contributed by atoms with van der Waals surface area (Å²) < 4.78 is 0. The van der Waals surface area contributed by atoms with Crippen molar-refractivity contribution >= 4 is 11.8 Å². The standard InChI is InChI=1S/C11H21N2O2.C6H5.3C2H6.Y/c1-6-7-10(14)13(5)9(4)11(15)12-8(2)3;1-2-4-6-5-3-1;3*1-2;/h6,8-9H,7H2,1-5H3,(H,12,15);1-5H;3*1-2H3;/q2*-1;;;;. The smallest absolute Gasteiger partial charge is 0.242 e. The van der Waals surface area contributed by atoms with Gasteiger partial charge in [0.05, 0.1) is 0 Å². The van der Waals surface area contributed by atoms with Gasteiger partial charge in [0.2, 0.25) is 5.91 Å². The minimum Gasteiger partial charge on any atom is -0.352 e. The normalized spacial score (nSPS) is 9.00. The molecule has 0 aromatic heterocycles. The van der Waals surface area contributed by atoms with Gasteiger partial charge in [-0.3, -0.25) is 9.59 Å². The van der Waals surface area contributed by atoms with Crippen LogP contribution in [0.5, 0.6) is 0 Å². The van der Waals surface area contributed by atoms with Gasteiger partial charge in [-0.1, -0.05) is 48.0 Å². The second-order valence-corrected chi connectivity index (χ2v) is 5.03. The summed E-state index contributed by atoms with van der Waals surface area (Å²) >= 11 is 0. The molecule has 0 aliphatic heterocycles. The zero-order valence-corrected chi connectivity index (χ0v) is 23.0. The Labute approximate surface area is 201 Å². The van der Waals surface area contributed by atoms with Gasteiger partial charge in [-0.05, 0) is 20.8 Å². The van der Waals surface area contributed by atoms with Crippen molar-refractivity contribution in [1.29, 1.82) is 0 Å². The molecule has 0 spiro atoms. The van der Waals surface area contributed by atoms with Crippen molar-refractivity contribution < 1.29 is 42.3 Å². The fourth-order valence-corrected chi connectivity index (χ4v) is 1.46. The van der Waals surface area contributed by atoms with Crippen LogP contribution >= 0.6 is 0 Å². The Morgan fingerprint density at radius 2 is 1.39 bits per heavy atom. The van der Waals surface area contributed by atoms with Crippen molar-refractivity contribution in [3.05, 3.63) is 42.8 Å². The number of carbonyl (C=O) groups is 2. The Morgan fingerprint density at radius 3 is 1.64 bits per heavy atom. The van der Waals surface area contributed by atoms with E-state index in [-0.39, 0.29) is 50.6 Å². The molecule has 4 nitrogen and oxygen atoms in total. The van der Waals surface area contributed by atoms with Gasteiger partial charge in [-0.2, -0.15) is 43.3 Å². The number of likely N-dealkylation sites (N-methyl/N-ethyl adjacent to an activating group) is 1. The Kier molecular flexibility index (Phi) is 42.0. The molecule has 1 aromatic carbocycles. The van der Waals surface area contributed by atoms with Crippen LogP contribution in [0.15, 0.2) is 30.3 Å². The SMILES string of the molecule is CC.CC.CC.C[CH-]CC(=O)N(C)C(C)C(=O)NC(C)C.[Y].[c-]1ccccc1. The quantitative estimate of drug-likeness (QED) is 0.576. The summed E-state index contributed by atoms with van der Waals surface area (Å²) in [5, 5.41) is 2.78. The van der Waals surface area contributed by atoms with Crippen molar-refractivity contribution in [3.8, 4) is 0 Å². The first-order chi connectivity index (χ1) is 12.9. The van der Waals surface area contributed by atoms with E-state index >= 15 is 0 Å². The van der Waals surface area contributed by atoms with Crippen LogP contribution in [0.25, 0.3) is 0 Å². The maximum Gasteiger partial charge on any atom is 0.242 e. The minimum absolute atomic E-state index is 0. The van der Waals surface area contributed by atoms with Crippen LogP contribution in [0.2, 0.25) is 0 Å². The third kappa shape index (κ3) is 25.3. The van der Waals surface area contributed by atoms with E-state index in [4.69, 9.17) is 0 Å². The molecule has 1 radical (unpaired) electrons. The molecular weight excluding hydrogens is 425 g/mol. The molecule has 0 saturated heterocycles. The Morgan fingerprint density at radius 1 is 0.964 bits per heavy atom. The molecule has 1 atom stereocenters. The second kappa shape index (κ2) is 31.0. The number of rotatable bonds is 5. The van der Waals surface area contributed by atoms with E-state index in [1.807, 2.05) is 92.6 Å². The minimum atomic E-state index is -0.417. The summed E-state index contributed by atoms with van der Waals surface area (Å²) in [7, 11) is 1.65. The average molecular weight is 470 g/mol. The third-order valence-corrected chi connectivity index (χ3v) is 2.77. The molecule has 1 unspecified atom stereocenters. The maximum atomic E-state index is 11.6. The molecule has 1 N–H and O–H groups in total. The first-order valence-electron chi connectivity index (χ1n) is 10.1. The van der Waals surface area contributed by atoms with Crippen LogP contribution in [-0.2, 0) is 42.3 Å². The number of benzene rings is 1. The Hall–Kier alpha value is -0.736. The Bertz CT molecular complexity index is 386. The predicted molar refractivity (Wildman–Crippen MR) is 119 cm³/mol. The molecule has 5 heteroatoms. The summed E-state index contributed by atoms with van der Waals surface area (Å²) in [6.07, 6.45) is 2.15. The van der Waals surface area contributed by atoms with E-state index in [1.54, 1.807) is 20.4 Å². The molecule has 0 aliphatic rings. The summed E-state index contributed by atoms with van der Waals surface area (Å²) in [6, 6.07) is 12.2. The third-order valence-electron chi connectivity index (χ3n) is 2.77. The molecular formula is C23H44N2O2Y-2. The molecule has 28 heavy (non-hydrogen) atoms. The van der Waals surface area contributed by atoms with Crippen molar-refractivity contribution in [1.82, 2.24) is 10.2 Å². The summed E-state index contributed by atoms with van der Waals surface area (Å²) in [4.78, 5) is 24.5. The van der Waals surface area contributed by atoms with Gasteiger partial charge in [-0.25, -0.2) is 0 Å². The van der Waals surface area contributed by atoms with Crippen molar-refractivity contribution in [2.45, 2.75) is 87.7 Å². The van der Waals surface area contributed by atoms with Gasteiger partial charge >= 0.3 is 0 Å². The summed E-state index contributed by atoms with van der Waals surface area (Å²) in [5.41, 5.74) is 0. The molecule has 2 amide bonds. The van der Waals surface area contributed by atoms with E-state index in [1.165, 1.54) is 4.90 Å². The van der Waals surface area contributed by atoms with Gasteiger partial charge < -0.3 is 16.6 Å². The van der Waals surface area contributed by atoms with Crippen molar-refractivity contribution in [3.63, 3.8) is 0 Å². The summed E-state index contributed by atoms with van der Waals surface area (Å²) in [5.74, 6) is -0.152. The van der Waals surface area contributed by atoms with Gasteiger partial charge in [0.25, 0.3) is 0 Å². The van der Waals surface area contributed by atoms with E-state index in [0.717, 1.165) is 0 Å². The van der Waals surface area contributed by atoms with Crippen molar-refractivity contribution in [2.24, 2.45) is 0 Å². The number of carbonyl (C=O) groups excluding carboxylic acids is 2. The molecule has 0 saturated carbocycles. The molecule has 0 bridgehead atoms. The van der Waals surface area contributed by atoms with Crippen molar-refractivity contribution in [2.75, 3.05) is 7.05 Å². The van der Waals surface area contributed by atoms with Crippen LogP contribution < -0.4 is 5.32 Å². The van der Waals surface area contributed by atoms with E-state index in [0.29, 0.717) is 6.42 Å². The largest absolute Gasteiger partial charge is 0.352 e. The number of nitrogens with one attached hydrogen (secondary N) is 1. The monoisotopic (exact) mass is 469 g/mol. The number of hydrogen-bond donors (Lipinski definition) is 1. The average Bonchev–Trinajstić information content (AvgIpc) is 2.72. The second-order valence-electron chi connectivity index (χ2n) is 5.03. The maximum absolute atomic E-state index is 11.6. The fourth-order valence-electron chi connectivity index (χ4n) is 1.46. The van der Waals surface area contributed by atoms with Crippen LogP contribution in [-0.4, -0.2) is 35.8 Å². The van der Waals surface area contributed by atoms with Gasteiger partial charge in [0.1, 0.15) is 6.04 Å². The number of nitrogens with zero attached hydrogens (tertiary/aromatic N) is 1. The molecule has 1 aromatic rings. The number of amides is 2. The molecule has 163 valence electrons. The first-order valence-corrected chi connectivity index (χ1v) is 10.1. The van der Waals surface area contributed by atoms with E-state index < -0.39 is 6.04 Å². The zero-order valence-electron chi connectivity index (χ0n) is 20.2. The van der Waals surface area contributed by atoms with Gasteiger partial charge in [-0.15, -0.1) is 0 Å². The Balaban J connectivity index is -0.000000112. The van der Waals surface area contributed by atoms with Crippen LogP contribution in [0.4, 0.5) is 0 Å². The van der Waals surface area contributed by atoms with Crippen LogP contribution in [0.3, 0.4) is 0 Å².